The van der Waals surface area contributed by atoms with Crippen molar-refractivity contribution in [3.8, 4) is 0 Å². The predicted molar refractivity (Wildman–Crippen MR) is 84.2 cm³/mol. The standard InChI is InChI=1S/C16H25BrN2/c1-12(2)19-10-15-6-4-3-5-14(15)7-13-8-16(17)11-18-9-13/h8-9,11-12,14-15,19H,3-7,10H2,1-2H3. The highest BCUT2D eigenvalue weighted by molar-refractivity contribution is 9.10. The number of hydrogen-bond donors (Lipinski definition) is 1. The average Bonchev–Trinajstić information content (AvgIpc) is 2.38. The number of hydrogen-bond acceptors (Lipinski definition) is 2. The lowest BCUT2D eigenvalue weighted by atomic mass is 9.76. The van der Waals surface area contributed by atoms with Crippen molar-refractivity contribution in [2.45, 2.75) is 52.0 Å². The van der Waals surface area contributed by atoms with Crippen molar-refractivity contribution in [2.75, 3.05) is 6.54 Å². The predicted octanol–water partition coefficient (Wildman–Crippen LogP) is 4.19. The van der Waals surface area contributed by atoms with E-state index in [1.165, 1.54) is 44.2 Å². The molecule has 1 aromatic rings. The van der Waals surface area contributed by atoms with Crippen LogP contribution in [0.5, 0.6) is 0 Å². The molecule has 106 valence electrons. The summed E-state index contributed by atoms with van der Waals surface area (Å²) in [5.41, 5.74) is 1.37. The van der Waals surface area contributed by atoms with Crippen LogP contribution in [0, 0.1) is 11.8 Å². The highest BCUT2D eigenvalue weighted by atomic mass is 79.9. The van der Waals surface area contributed by atoms with E-state index in [-0.39, 0.29) is 0 Å². The quantitative estimate of drug-likeness (QED) is 0.878. The summed E-state index contributed by atoms with van der Waals surface area (Å²) < 4.78 is 1.10. The lowest BCUT2D eigenvalue weighted by molar-refractivity contribution is 0.224. The molecule has 19 heavy (non-hydrogen) atoms. The zero-order chi connectivity index (χ0) is 13.7. The van der Waals surface area contributed by atoms with Gasteiger partial charge in [-0.15, -0.1) is 0 Å². The third-order valence-electron chi connectivity index (χ3n) is 4.11. The van der Waals surface area contributed by atoms with Gasteiger partial charge in [-0.3, -0.25) is 4.98 Å². The van der Waals surface area contributed by atoms with Gasteiger partial charge in [0.1, 0.15) is 0 Å². The van der Waals surface area contributed by atoms with Crippen molar-refractivity contribution in [3.63, 3.8) is 0 Å². The smallest absolute Gasteiger partial charge is 0.0410 e. The number of pyridine rings is 1. The van der Waals surface area contributed by atoms with Gasteiger partial charge in [0, 0.05) is 22.9 Å². The molecule has 1 N–H and O–H groups in total. The summed E-state index contributed by atoms with van der Waals surface area (Å²) in [4.78, 5) is 4.29. The summed E-state index contributed by atoms with van der Waals surface area (Å²) in [6, 6.07) is 2.81. The molecular weight excluding hydrogens is 300 g/mol. The van der Waals surface area contributed by atoms with Crippen LogP contribution in [0.15, 0.2) is 22.9 Å². The Kier molecular flexibility index (Phi) is 5.83. The van der Waals surface area contributed by atoms with Gasteiger partial charge in [-0.2, -0.15) is 0 Å². The molecule has 0 amide bonds. The van der Waals surface area contributed by atoms with Crippen LogP contribution in [0.2, 0.25) is 0 Å². The molecule has 0 aromatic carbocycles. The zero-order valence-electron chi connectivity index (χ0n) is 12.0. The molecule has 2 nitrogen and oxygen atoms in total. The molecule has 1 aromatic heterocycles. The van der Waals surface area contributed by atoms with Crippen LogP contribution in [0.3, 0.4) is 0 Å². The Hall–Kier alpha value is -0.410. The van der Waals surface area contributed by atoms with Gasteiger partial charge in [0.2, 0.25) is 0 Å². The molecule has 0 radical (unpaired) electrons. The molecule has 3 heteroatoms. The van der Waals surface area contributed by atoms with Gasteiger partial charge in [-0.1, -0.05) is 26.7 Å². The lowest BCUT2D eigenvalue weighted by Crippen LogP contribution is -2.34. The molecule has 0 aliphatic heterocycles. The zero-order valence-corrected chi connectivity index (χ0v) is 13.6. The Morgan fingerprint density at radius 3 is 2.68 bits per heavy atom. The minimum absolute atomic E-state index is 0.593. The minimum atomic E-state index is 0.593. The molecule has 0 saturated heterocycles. The van der Waals surface area contributed by atoms with Crippen molar-refractivity contribution >= 4 is 15.9 Å². The first-order valence-corrected chi connectivity index (χ1v) is 8.27. The molecule has 2 atom stereocenters. The first kappa shape index (κ1) is 15.0. The van der Waals surface area contributed by atoms with Crippen molar-refractivity contribution in [3.05, 3.63) is 28.5 Å². The molecule has 1 aliphatic carbocycles. The largest absolute Gasteiger partial charge is 0.314 e. The Labute approximate surface area is 125 Å². The van der Waals surface area contributed by atoms with Crippen molar-refractivity contribution < 1.29 is 0 Å². The Balaban J connectivity index is 1.95. The third kappa shape index (κ3) is 4.88. The van der Waals surface area contributed by atoms with Gasteiger partial charge in [0.05, 0.1) is 0 Å². The Bertz CT molecular complexity index is 392. The summed E-state index contributed by atoms with van der Waals surface area (Å²) in [5.74, 6) is 1.64. The van der Waals surface area contributed by atoms with Crippen LogP contribution < -0.4 is 5.32 Å². The number of aromatic nitrogens is 1. The third-order valence-corrected chi connectivity index (χ3v) is 4.55. The van der Waals surface area contributed by atoms with Gasteiger partial charge in [0.25, 0.3) is 0 Å². The number of nitrogens with zero attached hydrogens (tertiary/aromatic N) is 1. The van der Waals surface area contributed by atoms with E-state index in [4.69, 9.17) is 0 Å². The summed E-state index contributed by atoms with van der Waals surface area (Å²) in [6.45, 7) is 5.63. The maximum Gasteiger partial charge on any atom is 0.0410 e. The molecular formula is C16H25BrN2. The highest BCUT2D eigenvalue weighted by Crippen LogP contribution is 2.32. The summed E-state index contributed by atoms with van der Waals surface area (Å²) in [7, 11) is 0. The summed E-state index contributed by atoms with van der Waals surface area (Å²) in [5, 5.41) is 3.62. The fraction of sp³-hybridized carbons (Fsp3) is 0.688. The molecule has 1 saturated carbocycles. The van der Waals surface area contributed by atoms with Crippen molar-refractivity contribution in [1.82, 2.24) is 10.3 Å². The molecule has 1 heterocycles. The van der Waals surface area contributed by atoms with E-state index in [0.717, 1.165) is 16.3 Å². The monoisotopic (exact) mass is 324 g/mol. The van der Waals surface area contributed by atoms with Crippen LogP contribution in [-0.4, -0.2) is 17.6 Å². The first-order chi connectivity index (χ1) is 9.15. The first-order valence-electron chi connectivity index (χ1n) is 7.48. The van der Waals surface area contributed by atoms with Gasteiger partial charge in [-0.25, -0.2) is 0 Å². The van der Waals surface area contributed by atoms with E-state index >= 15 is 0 Å². The maximum absolute atomic E-state index is 4.29. The molecule has 0 spiro atoms. The van der Waals surface area contributed by atoms with E-state index in [1.807, 2.05) is 12.4 Å². The van der Waals surface area contributed by atoms with Gasteiger partial charge < -0.3 is 5.32 Å². The molecule has 0 bridgehead atoms. The normalized spacial score (nSPS) is 23.8. The van der Waals surface area contributed by atoms with Crippen molar-refractivity contribution in [2.24, 2.45) is 11.8 Å². The fourth-order valence-electron chi connectivity index (χ4n) is 3.08. The number of halogens is 1. The van der Waals surface area contributed by atoms with Crippen LogP contribution in [0.25, 0.3) is 0 Å². The number of rotatable bonds is 5. The average molecular weight is 325 g/mol. The molecule has 2 unspecified atom stereocenters. The highest BCUT2D eigenvalue weighted by Gasteiger charge is 2.25. The molecule has 1 aliphatic rings. The molecule has 1 fully saturated rings. The number of nitrogens with one attached hydrogen (secondary N) is 1. The van der Waals surface area contributed by atoms with Crippen LogP contribution in [0.1, 0.15) is 45.1 Å². The van der Waals surface area contributed by atoms with E-state index in [0.29, 0.717) is 6.04 Å². The second-order valence-corrected chi connectivity index (χ2v) is 7.00. The summed E-state index contributed by atoms with van der Waals surface area (Å²) >= 11 is 3.52. The van der Waals surface area contributed by atoms with Crippen LogP contribution in [0.4, 0.5) is 0 Å². The van der Waals surface area contributed by atoms with Crippen molar-refractivity contribution in [1.29, 1.82) is 0 Å². The van der Waals surface area contributed by atoms with Gasteiger partial charge in [0.15, 0.2) is 0 Å². The van der Waals surface area contributed by atoms with E-state index in [2.05, 4.69) is 46.1 Å². The second-order valence-electron chi connectivity index (χ2n) is 6.08. The SMILES string of the molecule is CC(C)NCC1CCCCC1Cc1cncc(Br)c1. The fourth-order valence-corrected chi connectivity index (χ4v) is 3.49. The van der Waals surface area contributed by atoms with Gasteiger partial charge >= 0.3 is 0 Å². The van der Waals surface area contributed by atoms with E-state index in [1.54, 1.807) is 0 Å². The van der Waals surface area contributed by atoms with Crippen LogP contribution >= 0.6 is 15.9 Å². The van der Waals surface area contributed by atoms with E-state index in [9.17, 15) is 0 Å². The van der Waals surface area contributed by atoms with Gasteiger partial charge in [-0.05, 0) is 65.2 Å². The Morgan fingerprint density at radius 1 is 1.26 bits per heavy atom. The minimum Gasteiger partial charge on any atom is -0.314 e. The lowest BCUT2D eigenvalue weighted by Gasteiger charge is -2.32. The molecule has 2 rings (SSSR count). The maximum atomic E-state index is 4.29. The topological polar surface area (TPSA) is 24.9 Å². The second kappa shape index (κ2) is 7.39. The summed E-state index contributed by atoms with van der Waals surface area (Å²) in [6.07, 6.45) is 10.6. The van der Waals surface area contributed by atoms with Crippen LogP contribution in [-0.2, 0) is 6.42 Å². The Morgan fingerprint density at radius 2 is 2.00 bits per heavy atom. The van der Waals surface area contributed by atoms with E-state index < -0.39 is 0 Å².